The third kappa shape index (κ3) is 2.53. The molecule has 7 nitrogen and oxygen atoms in total. The molecule has 0 aliphatic carbocycles. The van der Waals surface area contributed by atoms with Crippen molar-refractivity contribution in [3.05, 3.63) is 41.7 Å². The van der Waals surface area contributed by atoms with Crippen LogP contribution in [0.25, 0.3) is 0 Å². The molecule has 1 aromatic carbocycles. The fraction of sp³-hybridized carbons (Fsp3) is 0.143. The van der Waals surface area contributed by atoms with E-state index in [4.69, 9.17) is 0 Å². The molecule has 0 radical (unpaired) electrons. The minimum Gasteiger partial charge on any atom is -0.370 e. The van der Waals surface area contributed by atoms with Crippen LogP contribution in [0.5, 0.6) is 0 Å². The number of anilines is 3. The highest BCUT2D eigenvalue weighted by molar-refractivity contribution is 6.21. The minimum atomic E-state index is -0.380. The first-order chi connectivity index (χ1) is 10.2. The van der Waals surface area contributed by atoms with Crippen LogP contribution in [0, 0.1) is 0 Å². The average Bonchev–Trinajstić information content (AvgIpc) is 2.74. The van der Waals surface area contributed by atoms with Gasteiger partial charge in [0, 0.05) is 18.3 Å². The quantitative estimate of drug-likeness (QED) is 0.736. The van der Waals surface area contributed by atoms with Gasteiger partial charge >= 0.3 is 0 Å². The van der Waals surface area contributed by atoms with E-state index in [0.29, 0.717) is 28.5 Å². The Labute approximate surface area is 120 Å². The maximum Gasteiger partial charge on any atom is 0.259 e. The molecule has 2 aromatic rings. The predicted octanol–water partition coefficient (Wildman–Crippen LogP) is 1.54. The number of imide groups is 1. The molecule has 3 N–H and O–H groups in total. The normalized spacial score (nSPS) is 12.8. The summed E-state index contributed by atoms with van der Waals surface area (Å²) in [5.74, 6) is 0.572. The Bertz CT molecular complexity index is 729. The van der Waals surface area contributed by atoms with E-state index in [1.54, 1.807) is 24.3 Å². The highest BCUT2D eigenvalue weighted by atomic mass is 16.2. The molecule has 106 valence electrons. The van der Waals surface area contributed by atoms with Gasteiger partial charge in [0.1, 0.15) is 18.0 Å². The molecule has 1 aliphatic rings. The number of rotatable bonds is 4. The standard InChI is InChI=1S/C14H13N5O2/c1-2-15-11-6-12(17-7-16-11)18-8-3-4-9-10(5-8)14(21)19-13(9)20/h3-7H,2H2,1H3,(H,19,20,21)(H2,15,16,17,18). The molecule has 1 aromatic heterocycles. The molecule has 0 fully saturated rings. The lowest BCUT2D eigenvalue weighted by Crippen LogP contribution is -2.19. The number of amides is 2. The summed E-state index contributed by atoms with van der Waals surface area (Å²) in [6, 6.07) is 6.74. The van der Waals surface area contributed by atoms with Crippen molar-refractivity contribution in [1.82, 2.24) is 15.3 Å². The summed E-state index contributed by atoms with van der Waals surface area (Å²) < 4.78 is 0. The first kappa shape index (κ1) is 13.0. The van der Waals surface area contributed by atoms with Gasteiger partial charge in [-0.1, -0.05) is 0 Å². The van der Waals surface area contributed by atoms with E-state index in [0.717, 1.165) is 6.54 Å². The molecule has 0 atom stereocenters. The number of fused-ring (bicyclic) bond motifs is 1. The first-order valence-electron chi connectivity index (χ1n) is 6.50. The Morgan fingerprint density at radius 2 is 1.81 bits per heavy atom. The molecule has 1 aliphatic heterocycles. The molecule has 0 saturated carbocycles. The van der Waals surface area contributed by atoms with Crippen LogP contribution in [-0.2, 0) is 0 Å². The van der Waals surface area contributed by atoms with E-state index in [9.17, 15) is 9.59 Å². The zero-order chi connectivity index (χ0) is 14.8. The van der Waals surface area contributed by atoms with E-state index in [1.165, 1.54) is 6.33 Å². The van der Waals surface area contributed by atoms with Gasteiger partial charge in [0.05, 0.1) is 11.1 Å². The van der Waals surface area contributed by atoms with Crippen LogP contribution < -0.4 is 16.0 Å². The van der Waals surface area contributed by atoms with Crippen molar-refractivity contribution in [1.29, 1.82) is 0 Å². The van der Waals surface area contributed by atoms with Crippen molar-refractivity contribution in [2.75, 3.05) is 17.2 Å². The molecule has 0 spiro atoms. The summed E-state index contributed by atoms with van der Waals surface area (Å²) in [6.45, 7) is 2.74. The number of nitrogens with one attached hydrogen (secondary N) is 3. The third-order valence-corrected chi connectivity index (χ3v) is 3.03. The highest BCUT2D eigenvalue weighted by Crippen LogP contribution is 2.22. The molecule has 0 bridgehead atoms. The van der Waals surface area contributed by atoms with E-state index in [2.05, 4.69) is 25.9 Å². The van der Waals surface area contributed by atoms with Gasteiger partial charge in [-0.05, 0) is 25.1 Å². The lowest BCUT2D eigenvalue weighted by atomic mass is 10.1. The van der Waals surface area contributed by atoms with Crippen molar-refractivity contribution in [3.8, 4) is 0 Å². The number of carbonyl (C=O) groups is 2. The Balaban J connectivity index is 1.86. The van der Waals surface area contributed by atoms with Gasteiger partial charge in [-0.15, -0.1) is 0 Å². The predicted molar refractivity (Wildman–Crippen MR) is 77.7 cm³/mol. The van der Waals surface area contributed by atoms with Gasteiger partial charge in [-0.3, -0.25) is 14.9 Å². The number of carbonyl (C=O) groups excluding carboxylic acids is 2. The third-order valence-electron chi connectivity index (χ3n) is 3.03. The lowest BCUT2D eigenvalue weighted by Gasteiger charge is -2.08. The van der Waals surface area contributed by atoms with Crippen molar-refractivity contribution in [3.63, 3.8) is 0 Å². The molecular weight excluding hydrogens is 270 g/mol. The smallest absolute Gasteiger partial charge is 0.259 e. The van der Waals surface area contributed by atoms with Gasteiger partial charge in [0.15, 0.2) is 0 Å². The monoisotopic (exact) mass is 283 g/mol. The summed E-state index contributed by atoms with van der Waals surface area (Å²) in [5, 5.41) is 8.43. The maximum atomic E-state index is 11.6. The molecule has 21 heavy (non-hydrogen) atoms. The Hall–Kier alpha value is -2.96. The van der Waals surface area contributed by atoms with Crippen LogP contribution >= 0.6 is 0 Å². The number of hydrogen-bond donors (Lipinski definition) is 3. The van der Waals surface area contributed by atoms with Crippen molar-refractivity contribution in [2.45, 2.75) is 6.92 Å². The second-order valence-corrected chi connectivity index (χ2v) is 4.49. The summed E-state index contributed by atoms with van der Waals surface area (Å²) >= 11 is 0. The zero-order valence-corrected chi connectivity index (χ0v) is 11.3. The lowest BCUT2D eigenvalue weighted by molar-refractivity contribution is 0.0879. The van der Waals surface area contributed by atoms with Gasteiger partial charge in [-0.2, -0.15) is 0 Å². The molecule has 7 heteroatoms. The minimum absolute atomic E-state index is 0.363. The second-order valence-electron chi connectivity index (χ2n) is 4.49. The molecular formula is C14H13N5O2. The molecule has 0 saturated heterocycles. The molecule has 2 amide bonds. The SMILES string of the molecule is CCNc1cc(Nc2ccc3c(c2)C(=O)NC3=O)ncn1. The van der Waals surface area contributed by atoms with Crippen molar-refractivity contribution in [2.24, 2.45) is 0 Å². The van der Waals surface area contributed by atoms with E-state index >= 15 is 0 Å². The summed E-state index contributed by atoms with van der Waals surface area (Å²) in [7, 11) is 0. The van der Waals surface area contributed by atoms with Crippen LogP contribution in [0.4, 0.5) is 17.3 Å². The maximum absolute atomic E-state index is 11.6. The number of hydrogen-bond acceptors (Lipinski definition) is 6. The van der Waals surface area contributed by atoms with Gasteiger partial charge in [-0.25, -0.2) is 9.97 Å². The summed E-state index contributed by atoms with van der Waals surface area (Å²) in [4.78, 5) is 31.3. The number of benzene rings is 1. The van der Waals surface area contributed by atoms with Crippen LogP contribution in [0.2, 0.25) is 0 Å². The highest BCUT2D eigenvalue weighted by Gasteiger charge is 2.26. The summed E-state index contributed by atoms with van der Waals surface area (Å²) in [5.41, 5.74) is 1.44. The van der Waals surface area contributed by atoms with Gasteiger partial charge < -0.3 is 10.6 Å². The second kappa shape index (κ2) is 5.20. The van der Waals surface area contributed by atoms with Crippen LogP contribution in [0.15, 0.2) is 30.6 Å². The van der Waals surface area contributed by atoms with E-state index in [-0.39, 0.29) is 11.8 Å². The molecule has 2 heterocycles. The fourth-order valence-electron chi connectivity index (χ4n) is 2.10. The Morgan fingerprint density at radius 3 is 2.62 bits per heavy atom. The van der Waals surface area contributed by atoms with Crippen molar-refractivity contribution >= 4 is 29.1 Å². The topological polar surface area (TPSA) is 96.0 Å². The summed E-state index contributed by atoms with van der Waals surface area (Å²) in [6.07, 6.45) is 1.45. The first-order valence-corrected chi connectivity index (χ1v) is 6.50. The van der Waals surface area contributed by atoms with E-state index < -0.39 is 0 Å². The fourth-order valence-corrected chi connectivity index (χ4v) is 2.10. The van der Waals surface area contributed by atoms with Crippen LogP contribution in [-0.4, -0.2) is 28.3 Å². The van der Waals surface area contributed by atoms with E-state index in [1.807, 2.05) is 6.92 Å². The average molecular weight is 283 g/mol. The van der Waals surface area contributed by atoms with Gasteiger partial charge in [0.25, 0.3) is 11.8 Å². The van der Waals surface area contributed by atoms with Crippen LogP contribution in [0.3, 0.4) is 0 Å². The van der Waals surface area contributed by atoms with Gasteiger partial charge in [0.2, 0.25) is 0 Å². The largest absolute Gasteiger partial charge is 0.370 e. The number of nitrogens with zero attached hydrogens (tertiary/aromatic N) is 2. The number of aromatic nitrogens is 2. The Kier molecular flexibility index (Phi) is 3.23. The van der Waals surface area contributed by atoms with Crippen LogP contribution in [0.1, 0.15) is 27.6 Å². The zero-order valence-electron chi connectivity index (χ0n) is 11.3. The Morgan fingerprint density at radius 1 is 1.05 bits per heavy atom. The molecule has 3 rings (SSSR count). The molecule has 0 unspecified atom stereocenters. The van der Waals surface area contributed by atoms with Crippen molar-refractivity contribution < 1.29 is 9.59 Å².